The molecule has 0 aliphatic carbocycles. The Morgan fingerprint density at radius 3 is 2.82 bits per heavy atom. The average Bonchev–Trinajstić information content (AvgIpc) is 2.27. The van der Waals surface area contributed by atoms with Gasteiger partial charge >= 0.3 is 0 Å². The van der Waals surface area contributed by atoms with Crippen LogP contribution in [0.15, 0.2) is 24.3 Å². The number of benzene rings is 1. The molecule has 1 heterocycles. The molecule has 0 radical (unpaired) electrons. The van der Waals surface area contributed by atoms with Gasteiger partial charge in [-0.25, -0.2) is 8.42 Å². The molecule has 0 spiro atoms. The summed E-state index contributed by atoms with van der Waals surface area (Å²) in [7, 11) is -1.20. The molecule has 17 heavy (non-hydrogen) atoms. The quantitative estimate of drug-likeness (QED) is 0.876. The molecule has 4 nitrogen and oxygen atoms in total. The lowest BCUT2D eigenvalue weighted by molar-refractivity contribution is 0.339. The monoisotopic (exact) mass is 255 g/mol. The fraction of sp³-hybridized carbons (Fsp3) is 0.500. The first-order valence-electron chi connectivity index (χ1n) is 5.70. The van der Waals surface area contributed by atoms with E-state index >= 15 is 0 Å². The number of hydrogen-bond acceptors (Lipinski definition) is 4. The van der Waals surface area contributed by atoms with Gasteiger partial charge in [0.05, 0.1) is 12.4 Å². The lowest BCUT2D eigenvalue weighted by atomic mass is 10.1. The standard InChI is InChI=1S/C12H17NO3S/c1-3-16-10-6-4-5-9(7-10)12-11(13-2)8-17(12,14)15/h4-7,11-13H,3,8H2,1-2H3. The molecule has 1 aromatic rings. The molecule has 2 rings (SSSR count). The number of nitrogens with one attached hydrogen (secondary N) is 1. The van der Waals surface area contributed by atoms with Crippen LogP contribution in [-0.4, -0.2) is 33.9 Å². The van der Waals surface area contributed by atoms with Crippen molar-refractivity contribution in [1.29, 1.82) is 0 Å². The van der Waals surface area contributed by atoms with Gasteiger partial charge in [0, 0.05) is 6.04 Å². The topological polar surface area (TPSA) is 55.4 Å². The summed E-state index contributed by atoms with van der Waals surface area (Å²) < 4.78 is 28.9. The predicted molar refractivity (Wildman–Crippen MR) is 67.0 cm³/mol. The van der Waals surface area contributed by atoms with E-state index in [1.165, 1.54) is 0 Å². The van der Waals surface area contributed by atoms with Gasteiger partial charge in [0.1, 0.15) is 11.0 Å². The molecule has 1 aromatic carbocycles. The van der Waals surface area contributed by atoms with Crippen molar-refractivity contribution in [2.75, 3.05) is 19.4 Å². The summed E-state index contributed by atoms with van der Waals surface area (Å²) in [6.07, 6.45) is 0. The van der Waals surface area contributed by atoms with Gasteiger partial charge in [-0.1, -0.05) is 12.1 Å². The first-order valence-corrected chi connectivity index (χ1v) is 7.41. The smallest absolute Gasteiger partial charge is 0.160 e. The van der Waals surface area contributed by atoms with Gasteiger partial charge in [-0.3, -0.25) is 0 Å². The van der Waals surface area contributed by atoms with E-state index in [4.69, 9.17) is 4.74 Å². The number of ether oxygens (including phenoxy) is 1. The summed E-state index contributed by atoms with van der Waals surface area (Å²) in [6.45, 7) is 2.49. The van der Waals surface area contributed by atoms with Gasteiger partial charge in [-0.2, -0.15) is 0 Å². The normalized spacial score (nSPS) is 26.2. The van der Waals surface area contributed by atoms with Gasteiger partial charge in [-0.05, 0) is 31.7 Å². The Balaban J connectivity index is 2.29. The van der Waals surface area contributed by atoms with Crippen LogP contribution in [0.2, 0.25) is 0 Å². The first-order chi connectivity index (χ1) is 8.08. The Morgan fingerprint density at radius 1 is 1.47 bits per heavy atom. The van der Waals surface area contributed by atoms with Gasteiger partial charge in [-0.15, -0.1) is 0 Å². The molecular formula is C12H17NO3S. The predicted octanol–water partition coefficient (Wildman–Crippen LogP) is 1.14. The maximum absolute atomic E-state index is 11.8. The Morgan fingerprint density at radius 2 is 2.24 bits per heavy atom. The molecule has 0 bridgehead atoms. The van der Waals surface area contributed by atoms with Crippen molar-refractivity contribution >= 4 is 9.84 Å². The molecule has 0 amide bonds. The molecule has 1 N–H and O–H groups in total. The second kappa shape index (κ2) is 4.66. The molecule has 5 heteroatoms. The molecule has 2 atom stereocenters. The highest BCUT2D eigenvalue weighted by Crippen LogP contribution is 2.37. The van der Waals surface area contributed by atoms with Crippen LogP contribution in [-0.2, 0) is 9.84 Å². The Kier molecular flexibility index (Phi) is 3.40. The van der Waals surface area contributed by atoms with Gasteiger partial charge in [0.2, 0.25) is 0 Å². The van der Waals surface area contributed by atoms with E-state index in [2.05, 4.69) is 5.32 Å². The Bertz CT molecular complexity index is 498. The van der Waals surface area contributed by atoms with Crippen molar-refractivity contribution in [2.24, 2.45) is 0 Å². The van der Waals surface area contributed by atoms with E-state index in [0.717, 1.165) is 11.3 Å². The van der Waals surface area contributed by atoms with Crippen LogP contribution in [0.25, 0.3) is 0 Å². The van der Waals surface area contributed by atoms with E-state index in [1.54, 1.807) is 7.05 Å². The number of sulfone groups is 1. The van der Waals surface area contributed by atoms with Crippen molar-refractivity contribution in [2.45, 2.75) is 18.2 Å². The molecule has 94 valence electrons. The van der Waals surface area contributed by atoms with E-state index in [1.807, 2.05) is 31.2 Å². The molecular weight excluding hydrogens is 238 g/mol. The number of rotatable bonds is 4. The summed E-state index contributed by atoms with van der Waals surface area (Å²) in [5.74, 6) is 0.939. The molecule has 1 aliphatic heterocycles. The first kappa shape index (κ1) is 12.4. The second-order valence-corrected chi connectivity index (χ2v) is 6.32. The van der Waals surface area contributed by atoms with Gasteiger partial charge in [0.15, 0.2) is 9.84 Å². The molecule has 1 fully saturated rings. The number of hydrogen-bond donors (Lipinski definition) is 1. The van der Waals surface area contributed by atoms with Crippen molar-refractivity contribution in [3.63, 3.8) is 0 Å². The summed E-state index contributed by atoms with van der Waals surface area (Å²) in [5, 5.41) is 2.60. The van der Waals surface area contributed by atoms with E-state index in [-0.39, 0.29) is 11.8 Å². The minimum Gasteiger partial charge on any atom is -0.494 e. The summed E-state index contributed by atoms with van der Waals surface area (Å²) in [4.78, 5) is 0. The van der Waals surface area contributed by atoms with Crippen LogP contribution in [0, 0.1) is 0 Å². The van der Waals surface area contributed by atoms with Crippen LogP contribution in [0.4, 0.5) is 0 Å². The minimum atomic E-state index is -2.99. The maximum atomic E-state index is 11.8. The van der Waals surface area contributed by atoms with Crippen LogP contribution < -0.4 is 10.1 Å². The molecule has 2 unspecified atom stereocenters. The van der Waals surface area contributed by atoms with Gasteiger partial charge in [0.25, 0.3) is 0 Å². The average molecular weight is 255 g/mol. The zero-order valence-electron chi connectivity index (χ0n) is 10.0. The lowest BCUT2D eigenvalue weighted by Gasteiger charge is -2.36. The SMILES string of the molecule is CCOc1cccc(C2C(NC)CS2(=O)=O)c1. The summed E-state index contributed by atoms with van der Waals surface area (Å²) in [6, 6.07) is 7.34. The molecule has 0 aromatic heterocycles. The highest BCUT2D eigenvalue weighted by atomic mass is 32.2. The van der Waals surface area contributed by atoms with Crippen molar-refractivity contribution in [3.8, 4) is 5.75 Å². The highest BCUT2D eigenvalue weighted by molar-refractivity contribution is 7.93. The fourth-order valence-electron chi connectivity index (χ4n) is 2.19. The van der Waals surface area contributed by atoms with Crippen molar-refractivity contribution in [3.05, 3.63) is 29.8 Å². The highest BCUT2D eigenvalue weighted by Gasteiger charge is 2.46. The van der Waals surface area contributed by atoms with E-state index in [0.29, 0.717) is 6.61 Å². The van der Waals surface area contributed by atoms with Crippen LogP contribution >= 0.6 is 0 Å². The lowest BCUT2D eigenvalue weighted by Crippen LogP contribution is -2.52. The largest absolute Gasteiger partial charge is 0.494 e. The zero-order valence-corrected chi connectivity index (χ0v) is 10.8. The minimum absolute atomic E-state index is 0.0110. The number of likely N-dealkylation sites (N-methyl/N-ethyl adjacent to an activating group) is 1. The van der Waals surface area contributed by atoms with E-state index < -0.39 is 15.1 Å². The second-order valence-electron chi connectivity index (χ2n) is 4.15. The third-order valence-electron chi connectivity index (χ3n) is 3.03. The third kappa shape index (κ3) is 2.30. The zero-order chi connectivity index (χ0) is 12.5. The summed E-state index contributed by atoms with van der Waals surface area (Å²) in [5.41, 5.74) is 0.807. The Hall–Kier alpha value is -1.07. The van der Waals surface area contributed by atoms with Crippen molar-refractivity contribution in [1.82, 2.24) is 5.32 Å². The fourth-order valence-corrected chi connectivity index (χ4v) is 4.19. The van der Waals surface area contributed by atoms with Crippen molar-refractivity contribution < 1.29 is 13.2 Å². The molecule has 1 saturated heterocycles. The van der Waals surface area contributed by atoms with Crippen LogP contribution in [0.3, 0.4) is 0 Å². The van der Waals surface area contributed by atoms with E-state index in [9.17, 15) is 8.42 Å². The maximum Gasteiger partial charge on any atom is 0.160 e. The third-order valence-corrected chi connectivity index (χ3v) is 5.23. The van der Waals surface area contributed by atoms with Crippen LogP contribution in [0.1, 0.15) is 17.7 Å². The molecule has 0 saturated carbocycles. The molecule has 1 aliphatic rings. The van der Waals surface area contributed by atoms with Crippen LogP contribution in [0.5, 0.6) is 5.75 Å². The van der Waals surface area contributed by atoms with Gasteiger partial charge < -0.3 is 10.1 Å². The Labute approximate surface area is 102 Å². The summed E-state index contributed by atoms with van der Waals surface area (Å²) >= 11 is 0.